The van der Waals surface area contributed by atoms with Crippen molar-refractivity contribution in [1.29, 1.82) is 0 Å². The summed E-state index contributed by atoms with van der Waals surface area (Å²) in [5.74, 6) is 0. The van der Waals surface area contributed by atoms with E-state index in [1.807, 2.05) is 24.4 Å². The summed E-state index contributed by atoms with van der Waals surface area (Å²) in [5.41, 5.74) is 2.30. The van der Waals surface area contributed by atoms with Gasteiger partial charge in [0.1, 0.15) is 11.3 Å². The number of aromatic nitrogens is 3. The van der Waals surface area contributed by atoms with E-state index in [-0.39, 0.29) is 6.04 Å². The van der Waals surface area contributed by atoms with E-state index in [1.54, 1.807) is 4.68 Å². The van der Waals surface area contributed by atoms with Crippen LogP contribution in [-0.4, -0.2) is 44.6 Å². The predicted octanol–water partition coefficient (Wildman–Crippen LogP) is 2.86. The summed E-state index contributed by atoms with van der Waals surface area (Å²) in [5, 5.41) is 19.3. The van der Waals surface area contributed by atoms with Gasteiger partial charge < -0.3 is 5.11 Å². The first-order chi connectivity index (χ1) is 11.5. The van der Waals surface area contributed by atoms with Gasteiger partial charge in [-0.3, -0.25) is 4.90 Å². The van der Waals surface area contributed by atoms with E-state index in [9.17, 15) is 5.11 Å². The number of benzene rings is 1. The third kappa shape index (κ3) is 3.74. The summed E-state index contributed by atoms with van der Waals surface area (Å²) in [4.78, 5) is 2.28. The Balaban J connectivity index is 1.65. The standard InChI is InChI=1S/C19H26N4O/c1-15(2)23-13-18(20-21-23)19(24)9-10-22(14-19)12-16(3)11-17-7-5-4-6-8-17/h4-8,11,13,15,24H,9-10,12,14H2,1-3H3/b16-11+. The Kier molecular flexibility index (Phi) is 4.83. The SMILES string of the molecule is C/C(=C\c1ccccc1)CN1CCC(O)(c2cn(C(C)C)nn2)C1. The van der Waals surface area contributed by atoms with E-state index in [4.69, 9.17) is 0 Å². The maximum atomic E-state index is 11.0. The van der Waals surface area contributed by atoms with E-state index in [0.717, 1.165) is 13.1 Å². The molecular weight excluding hydrogens is 300 g/mol. The summed E-state index contributed by atoms with van der Waals surface area (Å²) < 4.78 is 1.80. The molecule has 2 aromatic rings. The molecule has 5 heteroatoms. The van der Waals surface area contributed by atoms with Crippen molar-refractivity contribution < 1.29 is 5.11 Å². The smallest absolute Gasteiger partial charge is 0.124 e. The molecule has 5 nitrogen and oxygen atoms in total. The molecule has 128 valence electrons. The van der Waals surface area contributed by atoms with E-state index < -0.39 is 5.60 Å². The quantitative estimate of drug-likeness (QED) is 0.918. The van der Waals surface area contributed by atoms with Crippen molar-refractivity contribution in [3.63, 3.8) is 0 Å². The Labute approximate surface area is 143 Å². The van der Waals surface area contributed by atoms with Crippen LogP contribution < -0.4 is 0 Å². The average molecular weight is 326 g/mol. The van der Waals surface area contributed by atoms with Crippen LogP contribution in [0.25, 0.3) is 6.08 Å². The van der Waals surface area contributed by atoms with Gasteiger partial charge in [0.15, 0.2) is 0 Å². The fourth-order valence-electron chi connectivity index (χ4n) is 3.19. The van der Waals surface area contributed by atoms with E-state index in [2.05, 4.69) is 54.2 Å². The zero-order valence-electron chi connectivity index (χ0n) is 14.7. The molecule has 0 bridgehead atoms. The molecule has 0 aliphatic carbocycles. The number of hydrogen-bond donors (Lipinski definition) is 1. The highest BCUT2D eigenvalue weighted by molar-refractivity contribution is 5.52. The van der Waals surface area contributed by atoms with Gasteiger partial charge in [0, 0.05) is 25.7 Å². The molecule has 3 rings (SSSR count). The molecule has 0 spiro atoms. The molecule has 1 fully saturated rings. The van der Waals surface area contributed by atoms with Crippen LogP contribution in [0.15, 0.2) is 42.1 Å². The topological polar surface area (TPSA) is 54.2 Å². The van der Waals surface area contributed by atoms with Crippen LogP contribution in [0, 0.1) is 0 Å². The molecule has 2 heterocycles. The Morgan fingerprint density at radius 2 is 2.08 bits per heavy atom. The van der Waals surface area contributed by atoms with E-state index in [1.165, 1.54) is 11.1 Å². The zero-order valence-corrected chi connectivity index (χ0v) is 14.7. The first-order valence-electron chi connectivity index (χ1n) is 8.55. The zero-order chi connectivity index (χ0) is 17.2. The van der Waals surface area contributed by atoms with Gasteiger partial charge in [0.25, 0.3) is 0 Å². The van der Waals surface area contributed by atoms with Gasteiger partial charge in [-0.1, -0.05) is 47.2 Å². The maximum absolute atomic E-state index is 11.0. The summed E-state index contributed by atoms with van der Waals surface area (Å²) in [6, 6.07) is 10.6. The third-order valence-electron chi connectivity index (χ3n) is 4.53. The Morgan fingerprint density at radius 1 is 1.33 bits per heavy atom. The highest BCUT2D eigenvalue weighted by Gasteiger charge is 2.40. The second kappa shape index (κ2) is 6.87. The minimum atomic E-state index is -0.889. The van der Waals surface area contributed by atoms with Crippen molar-refractivity contribution in [2.75, 3.05) is 19.6 Å². The van der Waals surface area contributed by atoms with Crippen LogP contribution in [0.4, 0.5) is 0 Å². The fourth-order valence-corrected chi connectivity index (χ4v) is 3.19. The largest absolute Gasteiger partial charge is 0.382 e. The van der Waals surface area contributed by atoms with Crippen molar-refractivity contribution in [1.82, 2.24) is 19.9 Å². The van der Waals surface area contributed by atoms with Gasteiger partial charge in [0.05, 0.1) is 6.20 Å². The van der Waals surface area contributed by atoms with Crippen molar-refractivity contribution in [2.24, 2.45) is 0 Å². The van der Waals surface area contributed by atoms with Crippen molar-refractivity contribution >= 4 is 6.08 Å². The first-order valence-corrected chi connectivity index (χ1v) is 8.55. The van der Waals surface area contributed by atoms with Gasteiger partial charge in [0.2, 0.25) is 0 Å². The lowest BCUT2D eigenvalue weighted by Gasteiger charge is -2.21. The highest BCUT2D eigenvalue weighted by Crippen LogP contribution is 2.31. The van der Waals surface area contributed by atoms with Crippen LogP contribution >= 0.6 is 0 Å². The fraction of sp³-hybridized carbons (Fsp3) is 0.474. The first kappa shape index (κ1) is 16.9. The second-order valence-corrected chi connectivity index (χ2v) is 7.07. The van der Waals surface area contributed by atoms with Crippen LogP contribution in [0.3, 0.4) is 0 Å². The molecular formula is C19H26N4O. The molecule has 1 aliphatic rings. The average Bonchev–Trinajstić information content (AvgIpc) is 3.16. The van der Waals surface area contributed by atoms with E-state index >= 15 is 0 Å². The molecule has 1 aromatic heterocycles. The summed E-state index contributed by atoms with van der Waals surface area (Å²) in [6.45, 7) is 8.58. The Morgan fingerprint density at radius 3 is 2.75 bits per heavy atom. The Hall–Kier alpha value is -1.98. The number of aliphatic hydroxyl groups is 1. The molecule has 1 aliphatic heterocycles. The molecule has 1 aromatic carbocycles. The van der Waals surface area contributed by atoms with Crippen LogP contribution in [0.2, 0.25) is 0 Å². The van der Waals surface area contributed by atoms with Gasteiger partial charge >= 0.3 is 0 Å². The Bertz CT molecular complexity index is 707. The lowest BCUT2D eigenvalue weighted by Crippen LogP contribution is -2.32. The number of β-amino-alcohol motifs (C(OH)–C–C–N with tert-alkyl or cyclic N) is 1. The van der Waals surface area contributed by atoms with Crippen LogP contribution in [0.5, 0.6) is 0 Å². The molecule has 1 saturated heterocycles. The van der Waals surface area contributed by atoms with Gasteiger partial charge in [-0.2, -0.15) is 0 Å². The number of hydrogen-bond acceptors (Lipinski definition) is 4. The second-order valence-electron chi connectivity index (χ2n) is 7.07. The highest BCUT2D eigenvalue weighted by atomic mass is 16.3. The summed E-state index contributed by atoms with van der Waals surface area (Å²) in [7, 11) is 0. The van der Waals surface area contributed by atoms with Crippen LogP contribution in [0.1, 0.15) is 44.5 Å². The maximum Gasteiger partial charge on any atom is 0.124 e. The number of likely N-dealkylation sites (tertiary alicyclic amines) is 1. The third-order valence-corrected chi connectivity index (χ3v) is 4.53. The van der Waals surface area contributed by atoms with Gasteiger partial charge in [-0.25, -0.2) is 4.68 Å². The van der Waals surface area contributed by atoms with E-state index in [0.29, 0.717) is 18.7 Å². The molecule has 1 unspecified atom stereocenters. The molecule has 0 saturated carbocycles. The van der Waals surface area contributed by atoms with Crippen molar-refractivity contribution in [2.45, 2.75) is 38.8 Å². The van der Waals surface area contributed by atoms with Gasteiger partial charge in [-0.15, -0.1) is 5.10 Å². The molecule has 1 atom stereocenters. The minimum Gasteiger partial charge on any atom is -0.382 e. The number of nitrogens with zero attached hydrogens (tertiary/aromatic N) is 4. The summed E-state index contributed by atoms with van der Waals surface area (Å²) in [6.07, 6.45) is 4.77. The number of rotatable bonds is 5. The molecule has 0 amide bonds. The van der Waals surface area contributed by atoms with Crippen molar-refractivity contribution in [3.05, 3.63) is 53.4 Å². The molecule has 0 radical (unpaired) electrons. The molecule has 24 heavy (non-hydrogen) atoms. The molecule has 1 N–H and O–H groups in total. The van der Waals surface area contributed by atoms with Crippen molar-refractivity contribution in [3.8, 4) is 0 Å². The van der Waals surface area contributed by atoms with Crippen LogP contribution in [-0.2, 0) is 5.60 Å². The lowest BCUT2D eigenvalue weighted by molar-refractivity contribution is 0.0427. The normalized spacial score (nSPS) is 22.5. The lowest BCUT2D eigenvalue weighted by atomic mass is 10.00. The monoisotopic (exact) mass is 326 g/mol. The predicted molar refractivity (Wildman–Crippen MR) is 95.5 cm³/mol. The minimum absolute atomic E-state index is 0.253. The van der Waals surface area contributed by atoms with Gasteiger partial charge in [-0.05, 0) is 32.8 Å². The summed E-state index contributed by atoms with van der Waals surface area (Å²) >= 11 is 0.